The Balaban J connectivity index is 2.56. The summed E-state index contributed by atoms with van der Waals surface area (Å²) in [6, 6.07) is 9.89. The van der Waals surface area contributed by atoms with Gasteiger partial charge in [-0.2, -0.15) is 4.43 Å². The molecule has 0 unspecified atom stereocenters. The van der Waals surface area contributed by atoms with Crippen LogP contribution in [0.2, 0.25) is 0 Å². The van der Waals surface area contributed by atoms with Crippen molar-refractivity contribution in [3.8, 4) is 0 Å². The lowest BCUT2D eigenvalue weighted by atomic mass is 10.4. The van der Waals surface area contributed by atoms with Crippen molar-refractivity contribution in [2.45, 2.75) is 0 Å². The first-order valence-electron chi connectivity index (χ1n) is 3.96. The van der Waals surface area contributed by atoms with Crippen molar-refractivity contribution in [3.05, 3.63) is 30.3 Å². The second-order valence-electron chi connectivity index (χ2n) is 2.41. The van der Waals surface area contributed by atoms with Gasteiger partial charge >= 0.3 is 9.28 Å². The van der Waals surface area contributed by atoms with E-state index in [1.165, 1.54) is 0 Å². The largest absolute Gasteiger partial charge is 0.688 e. The van der Waals surface area contributed by atoms with Gasteiger partial charge in [-0.1, -0.05) is 18.2 Å². The van der Waals surface area contributed by atoms with Crippen molar-refractivity contribution in [2.75, 3.05) is 21.0 Å². The lowest BCUT2D eigenvalue weighted by molar-refractivity contribution is 0.0357. The first kappa shape index (κ1) is 10.4. The van der Waals surface area contributed by atoms with Crippen LogP contribution < -0.4 is 5.19 Å². The van der Waals surface area contributed by atoms with Gasteiger partial charge in [0.25, 0.3) is 0 Å². The van der Waals surface area contributed by atoms with Gasteiger partial charge in [-0.3, -0.25) is 0 Å². The molecule has 0 saturated heterocycles. The summed E-state index contributed by atoms with van der Waals surface area (Å²) in [5.74, 6) is 0. The van der Waals surface area contributed by atoms with Crippen molar-refractivity contribution in [2.24, 2.45) is 0 Å². The van der Waals surface area contributed by atoms with Crippen LogP contribution in [0.4, 0.5) is 0 Å². The molecule has 0 spiro atoms. The molecule has 0 aliphatic rings. The van der Waals surface area contributed by atoms with E-state index in [1.807, 2.05) is 30.3 Å². The minimum absolute atomic E-state index is 0.275. The van der Waals surface area contributed by atoms with Gasteiger partial charge in [0.1, 0.15) is 5.19 Å². The SMILES string of the molecule is COCO[Si+](OC)c1ccccc1. The number of methoxy groups -OCH3 is 1. The average Bonchev–Trinajstić information content (AvgIpc) is 2.21. The fourth-order valence-corrected chi connectivity index (χ4v) is 2.16. The minimum atomic E-state index is -1.35. The van der Waals surface area contributed by atoms with Crippen molar-refractivity contribution in [3.63, 3.8) is 0 Å². The maximum Gasteiger partial charge on any atom is 0.688 e. The van der Waals surface area contributed by atoms with E-state index in [-0.39, 0.29) is 6.79 Å². The smallest absolute Gasteiger partial charge is 0.355 e. The van der Waals surface area contributed by atoms with Gasteiger partial charge in [0.2, 0.25) is 0 Å². The molecule has 13 heavy (non-hydrogen) atoms. The maximum absolute atomic E-state index is 5.38. The normalized spacial score (nSPS) is 10.0. The molecule has 3 nitrogen and oxygen atoms in total. The molecule has 0 atom stereocenters. The van der Waals surface area contributed by atoms with Crippen molar-refractivity contribution in [1.82, 2.24) is 0 Å². The van der Waals surface area contributed by atoms with Crippen LogP contribution >= 0.6 is 0 Å². The lowest BCUT2D eigenvalue weighted by Gasteiger charge is -1.97. The van der Waals surface area contributed by atoms with Crippen LogP contribution in [0.5, 0.6) is 0 Å². The van der Waals surface area contributed by atoms with E-state index in [1.54, 1.807) is 14.2 Å². The van der Waals surface area contributed by atoms with Crippen LogP contribution in [0.1, 0.15) is 0 Å². The van der Waals surface area contributed by atoms with Gasteiger partial charge in [0.15, 0.2) is 6.79 Å². The average molecular weight is 197 g/mol. The van der Waals surface area contributed by atoms with Gasteiger partial charge in [0.05, 0.1) is 7.11 Å². The molecule has 0 amide bonds. The van der Waals surface area contributed by atoms with Crippen LogP contribution in [0.15, 0.2) is 30.3 Å². The first-order chi connectivity index (χ1) is 6.38. The van der Waals surface area contributed by atoms with Gasteiger partial charge in [-0.25, -0.2) is 4.43 Å². The summed E-state index contributed by atoms with van der Waals surface area (Å²) in [6.07, 6.45) is 0. The summed E-state index contributed by atoms with van der Waals surface area (Å²) in [4.78, 5) is 0. The summed E-state index contributed by atoms with van der Waals surface area (Å²) in [6.45, 7) is 0.275. The second-order valence-corrected chi connectivity index (χ2v) is 4.26. The standard InChI is InChI=1S/C9H13O3Si/c1-10-8-12-13(11-2)9-6-4-3-5-7-9/h3-7H,8H2,1-2H3/q+1. The van der Waals surface area contributed by atoms with Crippen LogP contribution in [-0.4, -0.2) is 30.3 Å². The zero-order chi connectivity index (χ0) is 9.52. The summed E-state index contributed by atoms with van der Waals surface area (Å²) >= 11 is 0. The highest BCUT2D eigenvalue weighted by Gasteiger charge is 2.34. The third-order valence-electron chi connectivity index (χ3n) is 1.50. The summed E-state index contributed by atoms with van der Waals surface area (Å²) in [5.41, 5.74) is 0. The Hall–Kier alpha value is -0.683. The molecule has 0 radical (unpaired) electrons. The summed E-state index contributed by atoms with van der Waals surface area (Å²) in [5, 5.41) is 1.09. The van der Waals surface area contributed by atoms with Crippen molar-refractivity contribution in [1.29, 1.82) is 0 Å². The molecule has 70 valence electrons. The topological polar surface area (TPSA) is 27.7 Å². The molecule has 0 fully saturated rings. The number of ether oxygens (including phenoxy) is 1. The molecule has 0 aliphatic heterocycles. The molecule has 1 rings (SSSR count). The molecule has 1 aromatic rings. The Bertz CT molecular complexity index is 228. The van der Waals surface area contributed by atoms with E-state index in [4.69, 9.17) is 13.6 Å². The molecular weight excluding hydrogens is 184 g/mol. The molecule has 0 bridgehead atoms. The third kappa shape index (κ3) is 3.28. The van der Waals surface area contributed by atoms with E-state index in [0.29, 0.717) is 0 Å². The third-order valence-corrected chi connectivity index (χ3v) is 3.06. The van der Waals surface area contributed by atoms with Crippen molar-refractivity contribution < 1.29 is 13.6 Å². The molecular formula is C9H13O3Si+. The van der Waals surface area contributed by atoms with Crippen LogP contribution in [-0.2, 0) is 13.6 Å². The van der Waals surface area contributed by atoms with Crippen LogP contribution in [0.3, 0.4) is 0 Å². The number of rotatable bonds is 5. The van der Waals surface area contributed by atoms with E-state index < -0.39 is 9.28 Å². The fraction of sp³-hybridized carbons (Fsp3) is 0.333. The molecule has 0 heterocycles. The zero-order valence-electron chi connectivity index (χ0n) is 7.82. The minimum Gasteiger partial charge on any atom is -0.355 e. The Labute approximate surface area is 80.1 Å². The Kier molecular flexibility index (Phi) is 4.70. The van der Waals surface area contributed by atoms with E-state index in [9.17, 15) is 0 Å². The maximum atomic E-state index is 5.38. The highest BCUT2D eigenvalue weighted by molar-refractivity contribution is 6.61. The summed E-state index contributed by atoms with van der Waals surface area (Å²) < 4.78 is 15.4. The highest BCUT2D eigenvalue weighted by Crippen LogP contribution is 1.91. The monoisotopic (exact) mass is 197 g/mol. The number of hydrogen-bond acceptors (Lipinski definition) is 3. The second kappa shape index (κ2) is 5.88. The highest BCUT2D eigenvalue weighted by atomic mass is 28.3. The molecule has 1 aromatic carbocycles. The quantitative estimate of drug-likeness (QED) is 0.512. The van der Waals surface area contributed by atoms with Crippen LogP contribution in [0, 0.1) is 0 Å². The molecule has 0 saturated carbocycles. The lowest BCUT2D eigenvalue weighted by Crippen LogP contribution is -2.36. The molecule has 0 aromatic heterocycles. The molecule has 0 N–H and O–H groups in total. The predicted octanol–water partition coefficient (Wildman–Crippen LogP) is 0.649. The van der Waals surface area contributed by atoms with Crippen molar-refractivity contribution >= 4 is 14.5 Å². The van der Waals surface area contributed by atoms with E-state index >= 15 is 0 Å². The number of benzene rings is 1. The molecule has 0 aliphatic carbocycles. The van der Waals surface area contributed by atoms with Crippen LogP contribution in [0.25, 0.3) is 0 Å². The predicted molar refractivity (Wildman–Crippen MR) is 51.8 cm³/mol. The van der Waals surface area contributed by atoms with Gasteiger partial charge in [-0.05, 0) is 12.1 Å². The summed E-state index contributed by atoms with van der Waals surface area (Å²) in [7, 11) is 1.90. The van der Waals surface area contributed by atoms with Gasteiger partial charge in [0, 0.05) is 7.11 Å². The van der Waals surface area contributed by atoms with E-state index in [2.05, 4.69) is 0 Å². The Morgan fingerprint density at radius 3 is 2.38 bits per heavy atom. The first-order valence-corrected chi connectivity index (χ1v) is 5.28. The Morgan fingerprint density at radius 2 is 1.85 bits per heavy atom. The van der Waals surface area contributed by atoms with E-state index in [0.717, 1.165) is 5.19 Å². The number of hydrogen-bond donors (Lipinski definition) is 0. The van der Waals surface area contributed by atoms with Gasteiger partial charge in [-0.15, -0.1) is 0 Å². The van der Waals surface area contributed by atoms with Gasteiger partial charge < -0.3 is 4.74 Å². The Morgan fingerprint density at radius 1 is 1.15 bits per heavy atom. The zero-order valence-corrected chi connectivity index (χ0v) is 8.82. The molecule has 4 heteroatoms. The fourth-order valence-electron chi connectivity index (χ4n) is 0.947.